The summed E-state index contributed by atoms with van der Waals surface area (Å²) in [5.41, 5.74) is 0.395. The highest BCUT2D eigenvalue weighted by Gasteiger charge is 2.20. The summed E-state index contributed by atoms with van der Waals surface area (Å²) in [6.45, 7) is 2.63. The van der Waals surface area contributed by atoms with Gasteiger partial charge >= 0.3 is 0 Å². The van der Waals surface area contributed by atoms with Gasteiger partial charge in [-0.3, -0.25) is 9.59 Å². The third kappa shape index (κ3) is 2.52. The quantitative estimate of drug-likeness (QED) is 0.798. The minimum absolute atomic E-state index is 0.367. The van der Waals surface area contributed by atoms with Gasteiger partial charge < -0.3 is 4.74 Å². The lowest BCUT2D eigenvalue weighted by Crippen LogP contribution is -2.33. The van der Waals surface area contributed by atoms with E-state index in [4.69, 9.17) is 16.3 Å². The summed E-state index contributed by atoms with van der Waals surface area (Å²) in [5.74, 6) is -0.348. The van der Waals surface area contributed by atoms with Crippen LogP contribution in [0.1, 0.15) is 13.8 Å². The molecule has 0 heterocycles. The Balaban J connectivity index is 3.29. The van der Waals surface area contributed by atoms with E-state index >= 15 is 0 Å². The smallest absolute Gasteiger partial charge is 0.230 e. The number of carbonyl (C=O) groups excluding carboxylic acids is 2. The van der Waals surface area contributed by atoms with Crippen LogP contribution in [0.4, 0.5) is 5.69 Å². The normalized spacial score (nSPS) is 9.75. The first-order valence-electron chi connectivity index (χ1n) is 4.62. The molecule has 0 bridgehead atoms. The summed E-state index contributed by atoms with van der Waals surface area (Å²) in [6, 6.07) is 4.72. The monoisotopic (exact) mass is 241 g/mol. The van der Waals surface area contributed by atoms with Crippen LogP contribution in [0, 0.1) is 0 Å². The van der Waals surface area contributed by atoms with Gasteiger partial charge in [-0.1, -0.05) is 11.6 Å². The van der Waals surface area contributed by atoms with Gasteiger partial charge in [-0.05, 0) is 12.1 Å². The molecule has 0 spiro atoms. The van der Waals surface area contributed by atoms with Gasteiger partial charge in [0.1, 0.15) is 5.75 Å². The van der Waals surface area contributed by atoms with Gasteiger partial charge in [0.25, 0.3) is 0 Å². The number of methoxy groups -OCH3 is 1. The highest BCUT2D eigenvalue weighted by molar-refractivity contribution is 6.31. The summed E-state index contributed by atoms with van der Waals surface area (Å²) < 4.78 is 5.08. The zero-order chi connectivity index (χ0) is 12.3. The topological polar surface area (TPSA) is 46.6 Å². The molecule has 5 heteroatoms. The van der Waals surface area contributed by atoms with Gasteiger partial charge in [0, 0.05) is 24.9 Å². The van der Waals surface area contributed by atoms with Crippen LogP contribution in [0.3, 0.4) is 0 Å². The number of carbonyl (C=O) groups is 2. The van der Waals surface area contributed by atoms with Gasteiger partial charge in [-0.2, -0.15) is 0 Å². The Morgan fingerprint density at radius 1 is 1.25 bits per heavy atom. The standard InChI is InChI=1S/C11H12ClNO3/c1-7(14)13(8(2)15)10-5-4-9(12)6-11(10)16-3/h4-6H,1-3H3. The van der Waals surface area contributed by atoms with Crippen LogP contribution in [0.25, 0.3) is 0 Å². The number of hydrogen-bond donors (Lipinski definition) is 0. The number of nitrogens with zero attached hydrogens (tertiary/aromatic N) is 1. The number of hydrogen-bond acceptors (Lipinski definition) is 3. The molecule has 1 rings (SSSR count). The summed E-state index contributed by atoms with van der Waals surface area (Å²) >= 11 is 5.79. The van der Waals surface area contributed by atoms with Crippen LogP contribution in [0.15, 0.2) is 18.2 Å². The van der Waals surface area contributed by atoms with Crippen molar-refractivity contribution in [3.63, 3.8) is 0 Å². The predicted octanol–water partition coefficient (Wildman–Crippen LogP) is 2.25. The molecule has 1 aromatic carbocycles. The molecule has 16 heavy (non-hydrogen) atoms. The van der Waals surface area contributed by atoms with Gasteiger partial charge in [0.2, 0.25) is 11.8 Å². The Kier molecular flexibility index (Phi) is 3.90. The van der Waals surface area contributed by atoms with Crippen molar-refractivity contribution >= 4 is 29.1 Å². The molecule has 0 unspecified atom stereocenters. The molecule has 0 aromatic heterocycles. The Morgan fingerprint density at radius 3 is 2.25 bits per heavy atom. The van der Waals surface area contributed by atoms with Crippen LogP contribution < -0.4 is 9.64 Å². The minimum Gasteiger partial charge on any atom is -0.495 e. The Bertz CT molecular complexity index is 417. The molecule has 0 saturated heterocycles. The van der Waals surface area contributed by atoms with Gasteiger partial charge in [-0.15, -0.1) is 0 Å². The average molecular weight is 242 g/mol. The van der Waals surface area contributed by atoms with E-state index in [-0.39, 0.29) is 11.8 Å². The van der Waals surface area contributed by atoms with Crippen molar-refractivity contribution in [2.45, 2.75) is 13.8 Å². The maximum Gasteiger partial charge on any atom is 0.230 e. The number of ether oxygens (including phenoxy) is 1. The fourth-order valence-electron chi connectivity index (χ4n) is 1.40. The van der Waals surface area contributed by atoms with Crippen molar-refractivity contribution in [3.8, 4) is 5.75 Å². The van der Waals surface area contributed by atoms with E-state index in [1.807, 2.05) is 0 Å². The molecule has 4 nitrogen and oxygen atoms in total. The lowest BCUT2D eigenvalue weighted by atomic mass is 10.2. The van der Waals surface area contributed by atoms with Gasteiger partial charge in [0.05, 0.1) is 12.8 Å². The zero-order valence-corrected chi connectivity index (χ0v) is 10.0. The van der Waals surface area contributed by atoms with Crippen molar-refractivity contribution in [2.24, 2.45) is 0 Å². The molecular formula is C11H12ClNO3. The van der Waals surface area contributed by atoms with Crippen molar-refractivity contribution in [1.29, 1.82) is 0 Å². The first-order valence-corrected chi connectivity index (χ1v) is 5.00. The van der Waals surface area contributed by atoms with Crippen molar-refractivity contribution in [1.82, 2.24) is 0 Å². The predicted molar refractivity (Wildman–Crippen MR) is 61.8 cm³/mol. The molecule has 0 aliphatic carbocycles. The molecule has 0 N–H and O–H groups in total. The lowest BCUT2D eigenvalue weighted by Gasteiger charge is -2.19. The van der Waals surface area contributed by atoms with E-state index < -0.39 is 0 Å². The van der Waals surface area contributed by atoms with E-state index in [2.05, 4.69) is 0 Å². The van der Waals surface area contributed by atoms with Gasteiger partial charge in [0.15, 0.2) is 0 Å². The molecule has 0 saturated carbocycles. The Hall–Kier alpha value is -1.55. The van der Waals surface area contributed by atoms with E-state index in [1.54, 1.807) is 18.2 Å². The third-order valence-corrected chi connectivity index (χ3v) is 2.25. The third-order valence-electron chi connectivity index (χ3n) is 2.01. The largest absolute Gasteiger partial charge is 0.495 e. The Morgan fingerprint density at radius 2 is 1.81 bits per heavy atom. The van der Waals surface area contributed by atoms with Crippen LogP contribution in [0.2, 0.25) is 5.02 Å². The SMILES string of the molecule is COc1cc(Cl)ccc1N(C(C)=O)C(C)=O. The molecule has 0 radical (unpaired) electrons. The summed E-state index contributed by atoms with van der Waals surface area (Å²) in [6.07, 6.45) is 0. The van der Waals surface area contributed by atoms with Crippen LogP contribution in [-0.4, -0.2) is 18.9 Å². The molecule has 0 aliphatic heterocycles. The summed E-state index contributed by atoms with van der Waals surface area (Å²) in [5, 5.41) is 0.479. The number of rotatable bonds is 2. The molecule has 86 valence electrons. The number of anilines is 1. The molecule has 0 atom stereocenters. The van der Waals surface area contributed by atoms with E-state index in [1.165, 1.54) is 21.0 Å². The molecule has 2 amide bonds. The molecule has 1 aromatic rings. The summed E-state index contributed by atoms with van der Waals surface area (Å²) in [4.78, 5) is 23.7. The number of halogens is 1. The highest BCUT2D eigenvalue weighted by atomic mass is 35.5. The minimum atomic E-state index is -0.367. The van der Waals surface area contributed by atoms with E-state index in [0.717, 1.165) is 4.90 Å². The fraction of sp³-hybridized carbons (Fsp3) is 0.273. The maximum atomic E-state index is 11.4. The second-order valence-corrected chi connectivity index (χ2v) is 3.63. The Labute approximate surface area is 98.8 Å². The first-order chi connectivity index (χ1) is 7.47. The highest BCUT2D eigenvalue weighted by Crippen LogP contribution is 2.31. The number of benzene rings is 1. The van der Waals surface area contributed by atoms with Gasteiger partial charge in [-0.25, -0.2) is 4.90 Å². The maximum absolute atomic E-state index is 11.4. The van der Waals surface area contributed by atoms with E-state index in [9.17, 15) is 9.59 Å². The molecular weight excluding hydrogens is 230 g/mol. The average Bonchev–Trinajstić information content (AvgIpc) is 2.19. The van der Waals surface area contributed by atoms with Crippen LogP contribution in [-0.2, 0) is 9.59 Å². The first kappa shape index (κ1) is 12.5. The van der Waals surface area contributed by atoms with Crippen LogP contribution >= 0.6 is 11.6 Å². The molecule has 0 fully saturated rings. The lowest BCUT2D eigenvalue weighted by molar-refractivity contribution is -0.124. The van der Waals surface area contributed by atoms with Crippen molar-refractivity contribution in [3.05, 3.63) is 23.2 Å². The van der Waals surface area contributed by atoms with Crippen molar-refractivity contribution in [2.75, 3.05) is 12.0 Å². The number of amides is 2. The van der Waals surface area contributed by atoms with Crippen LogP contribution in [0.5, 0.6) is 5.75 Å². The van der Waals surface area contributed by atoms with Crippen molar-refractivity contribution < 1.29 is 14.3 Å². The second kappa shape index (κ2) is 4.99. The fourth-order valence-corrected chi connectivity index (χ4v) is 1.56. The molecule has 0 aliphatic rings. The summed E-state index contributed by atoms with van der Waals surface area (Å²) in [7, 11) is 1.45. The second-order valence-electron chi connectivity index (χ2n) is 3.19. The van der Waals surface area contributed by atoms with E-state index in [0.29, 0.717) is 16.5 Å². The zero-order valence-electron chi connectivity index (χ0n) is 9.28. The number of imide groups is 1.